The van der Waals surface area contributed by atoms with Gasteiger partial charge in [-0.05, 0) is 131 Å². The molecule has 65 heavy (non-hydrogen) atoms. The van der Waals surface area contributed by atoms with Gasteiger partial charge in [0.05, 0.1) is 5.41 Å². The minimum absolute atomic E-state index is 0.309. The van der Waals surface area contributed by atoms with E-state index in [0.29, 0.717) is 5.71 Å². The maximum absolute atomic E-state index is 7.26. The van der Waals surface area contributed by atoms with E-state index in [1.165, 1.54) is 83.5 Å². The van der Waals surface area contributed by atoms with Gasteiger partial charge in [-0.2, -0.15) is 0 Å². The molecular formula is C63H43NO. The van der Waals surface area contributed by atoms with Crippen LogP contribution in [-0.4, -0.2) is 4.98 Å². The van der Waals surface area contributed by atoms with Gasteiger partial charge >= 0.3 is 0 Å². The molecule has 0 spiro atoms. The summed E-state index contributed by atoms with van der Waals surface area (Å²) in [6, 6.07) is 80.3. The third kappa shape index (κ3) is 5.38. The van der Waals surface area contributed by atoms with Crippen LogP contribution in [0.25, 0.3) is 88.8 Å². The van der Waals surface area contributed by atoms with E-state index in [0.717, 1.165) is 33.0 Å². The van der Waals surface area contributed by atoms with Crippen LogP contribution in [0.2, 0.25) is 0 Å². The van der Waals surface area contributed by atoms with Gasteiger partial charge in [0.15, 0.2) is 0 Å². The zero-order valence-electron chi connectivity index (χ0n) is 36.2. The van der Waals surface area contributed by atoms with Gasteiger partial charge in [-0.1, -0.05) is 196 Å². The molecule has 13 rings (SSSR count). The molecule has 0 saturated heterocycles. The Kier molecular flexibility index (Phi) is 8.20. The second-order valence-corrected chi connectivity index (χ2v) is 18.2. The topological polar surface area (TPSA) is 26.0 Å². The zero-order valence-corrected chi connectivity index (χ0v) is 36.2. The van der Waals surface area contributed by atoms with E-state index < -0.39 is 5.41 Å². The van der Waals surface area contributed by atoms with Gasteiger partial charge in [-0.25, -0.2) is 4.98 Å². The molecule has 0 N–H and O–H groups in total. The monoisotopic (exact) mass is 829 g/mol. The van der Waals surface area contributed by atoms with Crippen molar-refractivity contribution in [1.82, 2.24) is 4.98 Å². The van der Waals surface area contributed by atoms with Crippen LogP contribution in [0.4, 0.5) is 0 Å². The van der Waals surface area contributed by atoms with Crippen molar-refractivity contribution in [3.8, 4) is 66.8 Å². The van der Waals surface area contributed by atoms with Gasteiger partial charge < -0.3 is 4.42 Å². The second-order valence-electron chi connectivity index (χ2n) is 18.2. The first-order valence-electron chi connectivity index (χ1n) is 22.6. The number of nitrogens with zero attached hydrogens (tertiary/aromatic N) is 1. The van der Waals surface area contributed by atoms with Crippen LogP contribution < -0.4 is 0 Å². The Labute approximate surface area is 379 Å². The second kappa shape index (κ2) is 14.2. The Morgan fingerprint density at radius 1 is 0.385 bits per heavy atom. The first-order chi connectivity index (χ1) is 32.0. The van der Waals surface area contributed by atoms with Crippen molar-refractivity contribution in [3.63, 3.8) is 0 Å². The molecule has 11 aromatic rings. The highest BCUT2D eigenvalue weighted by molar-refractivity contribution is 6.20. The number of furan rings is 1. The van der Waals surface area contributed by atoms with E-state index >= 15 is 0 Å². The van der Waals surface area contributed by atoms with Crippen molar-refractivity contribution in [1.29, 1.82) is 0 Å². The maximum atomic E-state index is 7.26. The number of rotatable bonds is 6. The highest BCUT2D eigenvalue weighted by atomic mass is 16.3. The average Bonchev–Trinajstić information content (AvgIpc) is 3.99. The Hall–Kier alpha value is -8.07. The molecule has 2 aliphatic carbocycles. The molecule has 0 fully saturated rings. The standard InChI is InChI=1S/C63H43NO/c1-62(2)52-34-16-15-32-48(52)56-57-53(39-51(59(56)62)45-27-18-25-43(37-45)41-22-9-4-10-23-41)63(46-28-11-5-12-29-46,47-30-13-6-14-31-47)54-38-50(44-26-17-24-42(36-44)40-20-7-3-8-21-40)55-49-33-19-35-64-61(49)65-60(55)58(54)57/h3-39H,1-2H3. The molecule has 9 aromatic carbocycles. The van der Waals surface area contributed by atoms with Crippen molar-refractivity contribution in [2.24, 2.45) is 0 Å². The fourth-order valence-electron chi connectivity index (χ4n) is 11.6. The van der Waals surface area contributed by atoms with Crippen LogP contribution in [-0.2, 0) is 10.8 Å². The van der Waals surface area contributed by atoms with Crippen LogP contribution in [0.3, 0.4) is 0 Å². The van der Waals surface area contributed by atoms with E-state index in [-0.39, 0.29) is 5.41 Å². The lowest BCUT2D eigenvalue weighted by molar-refractivity contribution is 0.654. The van der Waals surface area contributed by atoms with E-state index in [1.807, 2.05) is 12.3 Å². The number of hydrogen-bond acceptors (Lipinski definition) is 2. The summed E-state index contributed by atoms with van der Waals surface area (Å²) in [7, 11) is 0. The smallest absolute Gasteiger partial charge is 0.227 e. The zero-order chi connectivity index (χ0) is 43.3. The largest absolute Gasteiger partial charge is 0.437 e. The van der Waals surface area contributed by atoms with Crippen molar-refractivity contribution in [3.05, 3.63) is 258 Å². The molecule has 2 aromatic heterocycles. The first-order valence-corrected chi connectivity index (χ1v) is 22.6. The van der Waals surface area contributed by atoms with Crippen LogP contribution in [0, 0.1) is 0 Å². The van der Waals surface area contributed by atoms with Crippen molar-refractivity contribution in [2.75, 3.05) is 0 Å². The molecule has 2 heteroatoms. The lowest BCUT2D eigenvalue weighted by Crippen LogP contribution is -2.29. The molecule has 0 radical (unpaired) electrons. The van der Waals surface area contributed by atoms with Gasteiger partial charge in [0.25, 0.3) is 0 Å². The van der Waals surface area contributed by atoms with E-state index in [4.69, 9.17) is 9.40 Å². The van der Waals surface area contributed by atoms with Crippen LogP contribution >= 0.6 is 0 Å². The van der Waals surface area contributed by atoms with Gasteiger partial charge in [0, 0.05) is 27.9 Å². The number of hydrogen-bond donors (Lipinski definition) is 0. The number of benzene rings is 9. The summed E-state index contributed by atoms with van der Waals surface area (Å²) in [6.07, 6.45) is 1.85. The minimum Gasteiger partial charge on any atom is -0.437 e. The highest BCUT2D eigenvalue weighted by Gasteiger charge is 2.52. The predicted octanol–water partition coefficient (Wildman–Crippen LogP) is 16.3. The third-order valence-corrected chi connectivity index (χ3v) is 14.4. The van der Waals surface area contributed by atoms with Gasteiger partial charge in [0.1, 0.15) is 5.58 Å². The van der Waals surface area contributed by atoms with Crippen molar-refractivity contribution in [2.45, 2.75) is 24.7 Å². The maximum Gasteiger partial charge on any atom is 0.227 e. The highest BCUT2D eigenvalue weighted by Crippen LogP contribution is 2.66. The quantitative estimate of drug-likeness (QED) is 0.167. The third-order valence-electron chi connectivity index (χ3n) is 14.4. The summed E-state index contributed by atoms with van der Waals surface area (Å²) in [5.74, 6) is 0. The van der Waals surface area contributed by atoms with E-state index in [2.05, 4.69) is 226 Å². The minimum atomic E-state index is -0.734. The molecule has 0 bridgehead atoms. The average molecular weight is 830 g/mol. The van der Waals surface area contributed by atoms with E-state index in [9.17, 15) is 0 Å². The number of aromatic nitrogens is 1. The van der Waals surface area contributed by atoms with Gasteiger partial charge in [-0.3, -0.25) is 0 Å². The Balaban J connectivity index is 1.24. The molecule has 0 saturated carbocycles. The fourth-order valence-corrected chi connectivity index (χ4v) is 11.6. The summed E-state index contributed by atoms with van der Waals surface area (Å²) in [4.78, 5) is 4.90. The van der Waals surface area contributed by atoms with Crippen LogP contribution in [0.1, 0.15) is 47.2 Å². The number of fused-ring (bicyclic) bond motifs is 11. The summed E-state index contributed by atoms with van der Waals surface area (Å²) < 4.78 is 7.26. The summed E-state index contributed by atoms with van der Waals surface area (Å²) >= 11 is 0. The molecule has 0 unspecified atom stereocenters. The SMILES string of the molecule is CC1(C)c2ccccc2-c2c3c(cc(-c4cccc(-c5ccccc5)c4)c21)C(c1ccccc1)(c1ccccc1)c1cc(-c2cccc(-c4ccccc4)c2)c2c(oc4ncccc42)c1-3. The predicted molar refractivity (Wildman–Crippen MR) is 268 cm³/mol. The van der Waals surface area contributed by atoms with Crippen molar-refractivity contribution >= 4 is 22.1 Å². The summed E-state index contributed by atoms with van der Waals surface area (Å²) in [5, 5.41) is 2.09. The molecule has 0 atom stereocenters. The fraction of sp³-hybridized carbons (Fsp3) is 0.0635. The van der Waals surface area contributed by atoms with Crippen LogP contribution in [0.15, 0.2) is 229 Å². The first kappa shape index (κ1) is 37.5. The number of pyridine rings is 1. The molecule has 0 amide bonds. The molecule has 0 aliphatic heterocycles. The Morgan fingerprint density at radius 3 is 1.52 bits per heavy atom. The van der Waals surface area contributed by atoms with E-state index in [1.54, 1.807) is 0 Å². The molecule has 306 valence electrons. The summed E-state index contributed by atoms with van der Waals surface area (Å²) in [5.41, 5.74) is 22.4. The van der Waals surface area contributed by atoms with Gasteiger partial charge in [-0.15, -0.1) is 0 Å². The lowest BCUT2D eigenvalue weighted by Gasteiger charge is -2.35. The normalized spacial score (nSPS) is 13.9. The van der Waals surface area contributed by atoms with Crippen molar-refractivity contribution < 1.29 is 4.42 Å². The molecular weight excluding hydrogens is 787 g/mol. The molecule has 2 heterocycles. The Bertz CT molecular complexity index is 3620. The molecule has 2 nitrogen and oxygen atoms in total. The lowest BCUT2D eigenvalue weighted by atomic mass is 9.66. The van der Waals surface area contributed by atoms with Gasteiger partial charge in [0.2, 0.25) is 5.71 Å². The van der Waals surface area contributed by atoms with Crippen LogP contribution in [0.5, 0.6) is 0 Å². The Morgan fingerprint density at radius 2 is 0.892 bits per heavy atom. The molecule has 2 aliphatic rings. The summed E-state index contributed by atoms with van der Waals surface area (Å²) in [6.45, 7) is 4.82.